The SMILES string of the molecule is NCCCn1nnnc1Cc1cccc(C(F)(F)F)c1. The van der Waals surface area contributed by atoms with Crippen LogP contribution in [0.1, 0.15) is 23.4 Å². The molecule has 20 heavy (non-hydrogen) atoms. The first-order chi connectivity index (χ1) is 9.50. The first-order valence-corrected chi connectivity index (χ1v) is 6.12. The van der Waals surface area contributed by atoms with Crippen molar-refractivity contribution in [3.8, 4) is 0 Å². The Labute approximate surface area is 113 Å². The Bertz CT molecular complexity index is 564. The lowest BCUT2D eigenvalue weighted by molar-refractivity contribution is -0.137. The van der Waals surface area contributed by atoms with Crippen LogP contribution in [0.4, 0.5) is 13.2 Å². The van der Waals surface area contributed by atoms with E-state index >= 15 is 0 Å². The van der Waals surface area contributed by atoms with Crippen molar-refractivity contribution in [3.05, 3.63) is 41.2 Å². The lowest BCUT2D eigenvalue weighted by atomic mass is 10.1. The first-order valence-electron chi connectivity index (χ1n) is 6.12. The molecule has 5 nitrogen and oxygen atoms in total. The van der Waals surface area contributed by atoms with Crippen LogP contribution in [-0.2, 0) is 19.1 Å². The monoisotopic (exact) mass is 285 g/mol. The van der Waals surface area contributed by atoms with Gasteiger partial charge in [0.05, 0.1) is 5.56 Å². The molecule has 108 valence electrons. The molecule has 0 aliphatic carbocycles. The number of aromatic nitrogens is 4. The van der Waals surface area contributed by atoms with Gasteiger partial charge in [-0.25, -0.2) is 4.68 Å². The molecule has 2 rings (SSSR count). The number of rotatable bonds is 5. The number of nitrogens with two attached hydrogens (primary N) is 1. The molecule has 0 saturated heterocycles. The average Bonchev–Trinajstić information content (AvgIpc) is 2.83. The fourth-order valence-electron chi connectivity index (χ4n) is 1.80. The largest absolute Gasteiger partial charge is 0.416 e. The molecule has 8 heteroatoms. The average molecular weight is 285 g/mol. The summed E-state index contributed by atoms with van der Waals surface area (Å²) in [6.07, 6.45) is -3.39. The van der Waals surface area contributed by atoms with Crippen molar-refractivity contribution in [1.29, 1.82) is 0 Å². The predicted molar refractivity (Wildman–Crippen MR) is 65.7 cm³/mol. The van der Waals surface area contributed by atoms with E-state index in [2.05, 4.69) is 15.5 Å². The van der Waals surface area contributed by atoms with Gasteiger partial charge in [-0.2, -0.15) is 13.2 Å². The zero-order valence-corrected chi connectivity index (χ0v) is 10.6. The van der Waals surface area contributed by atoms with Gasteiger partial charge in [0.2, 0.25) is 0 Å². The molecule has 0 atom stereocenters. The van der Waals surface area contributed by atoms with E-state index < -0.39 is 11.7 Å². The van der Waals surface area contributed by atoms with Crippen LogP contribution in [0.25, 0.3) is 0 Å². The van der Waals surface area contributed by atoms with Crippen LogP contribution >= 0.6 is 0 Å². The molecule has 0 saturated carbocycles. The number of nitrogens with zero attached hydrogens (tertiary/aromatic N) is 4. The number of hydrogen-bond acceptors (Lipinski definition) is 4. The van der Waals surface area contributed by atoms with Crippen molar-refractivity contribution in [3.63, 3.8) is 0 Å². The smallest absolute Gasteiger partial charge is 0.330 e. The highest BCUT2D eigenvalue weighted by Crippen LogP contribution is 2.29. The van der Waals surface area contributed by atoms with E-state index in [0.717, 1.165) is 12.1 Å². The first kappa shape index (κ1) is 14.4. The fraction of sp³-hybridized carbons (Fsp3) is 0.417. The normalized spacial score (nSPS) is 11.8. The fourth-order valence-corrected chi connectivity index (χ4v) is 1.80. The second-order valence-electron chi connectivity index (χ2n) is 4.34. The van der Waals surface area contributed by atoms with E-state index in [1.165, 1.54) is 6.07 Å². The maximum Gasteiger partial charge on any atom is 0.416 e. The van der Waals surface area contributed by atoms with Crippen molar-refractivity contribution in [2.24, 2.45) is 5.73 Å². The maximum atomic E-state index is 12.6. The molecule has 1 aromatic carbocycles. The third kappa shape index (κ3) is 3.53. The molecule has 0 radical (unpaired) electrons. The third-order valence-electron chi connectivity index (χ3n) is 2.80. The standard InChI is InChI=1S/C12H14F3N5/c13-12(14,15)10-4-1-3-9(7-10)8-11-17-18-19-20(11)6-2-5-16/h1,3-4,7H,2,5-6,8,16H2. The molecule has 0 spiro atoms. The van der Waals surface area contributed by atoms with Crippen molar-refractivity contribution in [2.45, 2.75) is 25.6 Å². The molecule has 0 aliphatic heterocycles. The molecular formula is C12H14F3N5. The summed E-state index contributed by atoms with van der Waals surface area (Å²) in [6, 6.07) is 5.16. The molecule has 1 heterocycles. The third-order valence-corrected chi connectivity index (χ3v) is 2.80. The van der Waals surface area contributed by atoms with E-state index in [1.54, 1.807) is 10.7 Å². The molecule has 1 aromatic heterocycles. The summed E-state index contributed by atoms with van der Waals surface area (Å²) in [6.45, 7) is 1.06. The maximum absolute atomic E-state index is 12.6. The zero-order chi connectivity index (χ0) is 14.6. The number of tetrazole rings is 1. The van der Waals surface area contributed by atoms with Crippen molar-refractivity contribution >= 4 is 0 Å². The summed E-state index contributed by atoms with van der Waals surface area (Å²) in [7, 11) is 0. The number of benzene rings is 1. The molecule has 0 unspecified atom stereocenters. The predicted octanol–water partition coefficient (Wildman–Crippen LogP) is 1.63. The van der Waals surface area contributed by atoms with Gasteiger partial charge in [-0.1, -0.05) is 18.2 Å². The summed E-state index contributed by atoms with van der Waals surface area (Å²) in [5.41, 5.74) is 5.26. The van der Waals surface area contributed by atoms with Gasteiger partial charge in [-0.3, -0.25) is 0 Å². The van der Waals surface area contributed by atoms with Gasteiger partial charge in [0.25, 0.3) is 0 Å². The molecule has 2 aromatic rings. The van der Waals surface area contributed by atoms with Gasteiger partial charge in [0.1, 0.15) is 0 Å². The Hall–Kier alpha value is -1.96. The van der Waals surface area contributed by atoms with Crippen molar-refractivity contribution < 1.29 is 13.2 Å². The minimum absolute atomic E-state index is 0.251. The zero-order valence-electron chi connectivity index (χ0n) is 10.6. The van der Waals surface area contributed by atoms with Crippen LogP contribution in [0.5, 0.6) is 0 Å². The second-order valence-corrected chi connectivity index (χ2v) is 4.34. The lowest BCUT2D eigenvalue weighted by Crippen LogP contribution is -2.11. The second kappa shape index (κ2) is 6.00. The Morgan fingerprint density at radius 3 is 2.75 bits per heavy atom. The lowest BCUT2D eigenvalue weighted by Gasteiger charge is -2.08. The molecule has 0 aliphatic rings. The van der Waals surface area contributed by atoms with E-state index in [9.17, 15) is 13.2 Å². The van der Waals surface area contributed by atoms with Crippen molar-refractivity contribution in [1.82, 2.24) is 20.2 Å². The summed E-state index contributed by atoms with van der Waals surface area (Å²) >= 11 is 0. The number of aryl methyl sites for hydroxylation is 1. The minimum Gasteiger partial charge on any atom is -0.330 e. The van der Waals surface area contributed by atoms with Gasteiger partial charge in [-0.15, -0.1) is 5.10 Å². The Morgan fingerprint density at radius 2 is 2.05 bits per heavy atom. The molecular weight excluding hydrogens is 271 g/mol. The molecule has 0 amide bonds. The summed E-state index contributed by atoms with van der Waals surface area (Å²) in [4.78, 5) is 0. The van der Waals surface area contributed by atoms with Gasteiger partial charge in [-0.05, 0) is 35.0 Å². The van der Waals surface area contributed by atoms with Crippen molar-refractivity contribution in [2.75, 3.05) is 6.54 Å². The van der Waals surface area contributed by atoms with Crippen LogP contribution in [0.15, 0.2) is 24.3 Å². The van der Waals surface area contributed by atoms with Crippen LogP contribution in [0.3, 0.4) is 0 Å². The summed E-state index contributed by atoms with van der Waals surface area (Å²) in [5.74, 6) is 0.526. The van der Waals surface area contributed by atoms with Gasteiger partial charge >= 0.3 is 6.18 Å². The van der Waals surface area contributed by atoms with Crippen LogP contribution in [-0.4, -0.2) is 26.8 Å². The Balaban J connectivity index is 2.16. The molecule has 0 fully saturated rings. The highest BCUT2D eigenvalue weighted by Gasteiger charge is 2.30. The van der Waals surface area contributed by atoms with Gasteiger partial charge in [0.15, 0.2) is 5.82 Å². The minimum atomic E-state index is -4.35. The summed E-state index contributed by atoms with van der Waals surface area (Å²) < 4.78 is 39.5. The number of hydrogen-bond donors (Lipinski definition) is 1. The van der Waals surface area contributed by atoms with Gasteiger partial charge in [0, 0.05) is 13.0 Å². The van der Waals surface area contributed by atoms with Gasteiger partial charge < -0.3 is 5.73 Å². The Kier molecular flexibility index (Phi) is 4.33. The van der Waals surface area contributed by atoms with E-state index in [0.29, 0.717) is 30.9 Å². The van der Waals surface area contributed by atoms with Crippen LogP contribution in [0.2, 0.25) is 0 Å². The van der Waals surface area contributed by atoms with Crippen LogP contribution < -0.4 is 5.73 Å². The molecule has 0 bridgehead atoms. The van der Waals surface area contributed by atoms with E-state index in [1.807, 2.05) is 0 Å². The Morgan fingerprint density at radius 1 is 1.25 bits per heavy atom. The van der Waals surface area contributed by atoms with E-state index in [-0.39, 0.29) is 6.42 Å². The van der Waals surface area contributed by atoms with E-state index in [4.69, 9.17) is 5.73 Å². The number of halogens is 3. The quantitative estimate of drug-likeness (QED) is 0.906. The highest BCUT2D eigenvalue weighted by atomic mass is 19.4. The van der Waals surface area contributed by atoms with Crippen LogP contribution in [0, 0.1) is 0 Å². The highest BCUT2D eigenvalue weighted by molar-refractivity contribution is 5.27. The number of alkyl halides is 3. The topological polar surface area (TPSA) is 69.6 Å². The summed E-state index contributed by atoms with van der Waals surface area (Å²) in [5, 5.41) is 11.2. The molecule has 2 N–H and O–H groups in total.